The number of nitrogens with zero attached hydrogens (tertiary/aromatic N) is 3. The Morgan fingerprint density at radius 3 is 2.76 bits per heavy atom. The molecule has 0 bridgehead atoms. The van der Waals surface area contributed by atoms with Crippen LogP contribution in [0.5, 0.6) is 0 Å². The highest BCUT2D eigenvalue weighted by Crippen LogP contribution is 2.05. The molecule has 0 aliphatic rings. The van der Waals surface area contributed by atoms with E-state index in [4.69, 9.17) is 0 Å². The van der Waals surface area contributed by atoms with E-state index in [2.05, 4.69) is 47.3 Å². The van der Waals surface area contributed by atoms with Gasteiger partial charge < -0.3 is 9.88 Å². The van der Waals surface area contributed by atoms with Crippen molar-refractivity contribution in [1.82, 2.24) is 19.7 Å². The number of rotatable bonds is 5. The molecule has 2 aromatic heterocycles. The van der Waals surface area contributed by atoms with Gasteiger partial charge in [0.2, 0.25) is 0 Å². The Hall–Kier alpha value is -1.55. The Balaban J connectivity index is 1.94. The summed E-state index contributed by atoms with van der Waals surface area (Å²) in [6, 6.07) is 2.68. The lowest BCUT2D eigenvalue weighted by molar-refractivity contribution is 0.588. The van der Waals surface area contributed by atoms with Crippen LogP contribution in [-0.2, 0) is 20.1 Å². The maximum Gasteiger partial charge on any atom is 0.0539 e. The largest absolute Gasteiger partial charge is 0.349 e. The van der Waals surface area contributed by atoms with Crippen molar-refractivity contribution in [2.75, 3.05) is 0 Å². The van der Waals surface area contributed by atoms with Crippen LogP contribution < -0.4 is 5.32 Å². The van der Waals surface area contributed by atoms with E-state index < -0.39 is 0 Å². The van der Waals surface area contributed by atoms with Crippen molar-refractivity contribution in [3.05, 3.63) is 42.0 Å². The van der Waals surface area contributed by atoms with Gasteiger partial charge in [0.25, 0.3) is 0 Å². The molecule has 2 rings (SSSR count). The SMILES string of the molecule is CC(C)NCc1ccn(Cc2cnn(C)c2)c1. The fraction of sp³-hybridized carbons (Fsp3) is 0.462. The Morgan fingerprint density at radius 2 is 2.12 bits per heavy atom. The van der Waals surface area contributed by atoms with Gasteiger partial charge in [-0.3, -0.25) is 4.68 Å². The van der Waals surface area contributed by atoms with Gasteiger partial charge in [0.05, 0.1) is 12.7 Å². The predicted molar refractivity (Wildman–Crippen MR) is 68.7 cm³/mol. The third-order valence-corrected chi connectivity index (χ3v) is 2.65. The molecule has 0 atom stereocenters. The fourth-order valence-corrected chi connectivity index (χ4v) is 1.78. The molecular formula is C13H20N4. The van der Waals surface area contributed by atoms with Crippen molar-refractivity contribution in [2.24, 2.45) is 7.05 Å². The van der Waals surface area contributed by atoms with Crippen molar-refractivity contribution < 1.29 is 0 Å². The van der Waals surface area contributed by atoms with Crippen LogP contribution in [0.4, 0.5) is 0 Å². The highest BCUT2D eigenvalue weighted by molar-refractivity contribution is 5.13. The molecule has 0 fully saturated rings. The summed E-state index contributed by atoms with van der Waals surface area (Å²) in [6.45, 7) is 6.13. The molecule has 0 radical (unpaired) electrons. The van der Waals surface area contributed by atoms with Gasteiger partial charge in [-0.05, 0) is 11.6 Å². The minimum Gasteiger partial charge on any atom is -0.349 e. The molecule has 17 heavy (non-hydrogen) atoms. The molecule has 0 aliphatic heterocycles. The van der Waals surface area contributed by atoms with Crippen molar-refractivity contribution >= 4 is 0 Å². The first-order chi connectivity index (χ1) is 8.13. The van der Waals surface area contributed by atoms with Gasteiger partial charge in [-0.15, -0.1) is 0 Å². The lowest BCUT2D eigenvalue weighted by Crippen LogP contribution is -2.21. The minimum absolute atomic E-state index is 0.525. The number of aromatic nitrogens is 3. The first kappa shape index (κ1) is 11.9. The molecule has 0 aromatic carbocycles. The summed E-state index contributed by atoms with van der Waals surface area (Å²) in [5.74, 6) is 0. The Kier molecular flexibility index (Phi) is 3.64. The summed E-state index contributed by atoms with van der Waals surface area (Å²) in [5, 5.41) is 7.58. The third-order valence-electron chi connectivity index (χ3n) is 2.65. The highest BCUT2D eigenvalue weighted by Gasteiger charge is 2.00. The van der Waals surface area contributed by atoms with Gasteiger partial charge in [-0.2, -0.15) is 5.10 Å². The van der Waals surface area contributed by atoms with Gasteiger partial charge >= 0.3 is 0 Å². The van der Waals surface area contributed by atoms with Crippen LogP contribution >= 0.6 is 0 Å². The fourth-order valence-electron chi connectivity index (χ4n) is 1.78. The minimum atomic E-state index is 0.525. The van der Waals surface area contributed by atoms with Crippen molar-refractivity contribution in [2.45, 2.75) is 33.0 Å². The second-order valence-electron chi connectivity index (χ2n) is 4.75. The van der Waals surface area contributed by atoms with Crippen LogP contribution in [0.25, 0.3) is 0 Å². The first-order valence-corrected chi connectivity index (χ1v) is 5.99. The lowest BCUT2D eigenvalue weighted by atomic mass is 10.3. The van der Waals surface area contributed by atoms with Crippen LogP contribution in [0.3, 0.4) is 0 Å². The van der Waals surface area contributed by atoms with Gasteiger partial charge in [-0.1, -0.05) is 13.8 Å². The predicted octanol–water partition coefficient (Wildman–Crippen LogP) is 1.77. The quantitative estimate of drug-likeness (QED) is 0.852. The van der Waals surface area contributed by atoms with E-state index in [1.54, 1.807) is 0 Å². The maximum absolute atomic E-state index is 4.17. The summed E-state index contributed by atoms with van der Waals surface area (Å²) in [4.78, 5) is 0. The smallest absolute Gasteiger partial charge is 0.0539 e. The molecule has 4 heteroatoms. The molecule has 2 aromatic rings. The molecule has 0 aliphatic carbocycles. The topological polar surface area (TPSA) is 34.8 Å². The molecule has 4 nitrogen and oxygen atoms in total. The third kappa shape index (κ3) is 3.46. The van der Waals surface area contributed by atoms with Crippen molar-refractivity contribution in [1.29, 1.82) is 0 Å². The second kappa shape index (κ2) is 5.19. The van der Waals surface area contributed by atoms with Crippen molar-refractivity contribution in [3.8, 4) is 0 Å². The standard InChI is InChI=1S/C13H20N4/c1-11(2)14-6-12-4-5-17(9-12)10-13-7-15-16(3)8-13/h4-5,7-9,11,14H,6,10H2,1-3H3. The molecule has 2 heterocycles. The van der Waals surface area contributed by atoms with E-state index in [1.165, 1.54) is 11.1 Å². The molecule has 0 amide bonds. The zero-order valence-electron chi connectivity index (χ0n) is 10.7. The molecule has 1 N–H and O–H groups in total. The molecule has 0 spiro atoms. The Bertz CT molecular complexity index is 467. The van der Waals surface area contributed by atoms with E-state index in [1.807, 2.05) is 24.1 Å². The van der Waals surface area contributed by atoms with Gasteiger partial charge in [0.15, 0.2) is 0 Å². The van der Waals surface area contributed by atoms with E-state index in [-0.39, 0.29) is 0 Å². The van der Waals surface area contributed by atoms with Crippen LogP contribution in [0, 0.1) is 0 Å². The van der Waals surface area contributed by atoms with E-state index in [0.717, 1.165) is 13.1 Å². The van der Waals surface area contributed by atoms with E-state index >= 15 is 0 Å². The number of hydrogen-bond donors (Lipinski definition) is 1. The molecule has 0 saturated heterocycles. The summed E-state index contributed by atoms with van der Waals surface area (Å²) >= 11 is 0. The average Bonchev–Trinajstić information content (AvgIpc) is 2.86. The Morgan fingerprint density at radius 1 is 1.29 bits per heavy atom. The van der Waals surface area contributed by atoms with Gasteiger partial charge in [0, 0.05) is 43.8 Å². The van der Waals surface area contributed by atoms with Crippen LogP contribution in [0.1, 0.15) is 25.0 Å². The molecule has 0 unspecified atom stereocenters. The molecular weight excluding hydrogens is 212 g/mol. The lowest BCUT2D eigenvalue weighted by Gasteiger charge is -2.05. The number of nitrogens with one attached hydrogen (secondary N) is 1. The normalized spacial score (nSPS) is 11.3. The maximum atomic E-state index is 4.17. The Labute approximate surface area is 102 Å². The molecule has 0 saturated carbocycles. The van der Waals surface area contributed by atoms with Crippen molar-refractivity contribution in [3.63, 3.8) is 0 Å². The highest BCUT2D eigenvalue weighted by atomic mass is 15.2. The average molecular weight is 232 g/mol. The van der Waals surface area contributed by atoms with Crippen LogP contribution in [-0.4, -0.2) is 20.4 Å². The molecule has 92 valence electrons. The van der Waals surface area contributed by atoms with Crippen LogP contribution in [0.15, 0.2) is 30.9 Å². The van der Waals surface area contributed by atoms with Crippen LogP contribution in [0.2, 0.25) is 0 Å². The van der Waals surface area contributed by atoms with E-state index in [0.29, 0.717) is 6.04 Å². The summed E-state index contributed by atoms with van der Waals surface area (Å²) in [5.41, 5.74) is 2.55. The summed E-state index contributed by atoms with van der Waals surface area (Å²) < 4.78 is 4.02. The zero-order valence-corrected chi connectivity index (χ0v) is 10.7. The van der Waals surface area contributed by atoms with E-state index in [9.17, 15) is 0 Å². The zero-order chi connectivity index (χ0) is 12.3. The van der Waals surface area contributed by atoms with Gasteiger partial charge in [0.1, 0.15) is 0 Å². The first-order valence-electron chi connectivity index (χ1n) is 5.99. The number of hydrogen-bond acceptors (Lipinski definition) is 2. The monoisotopic (exact) mass is 232 g/mol. The second-order valence-corrected chi connectivity index (χ2v) is 4.75. The summed E-state index contributed by atoms with van der Waals surface area (Å²) in [7, 11) is 1.94. The summed E-state index contributed by atoms with van der Waals surface area (Å²) in [6.07, 6.45) is 8.25. The van der Waals surface area contributed by atoms with Gasteiger partial charge in [-0.25, -0.2) is 0 Å². The number of aryl methyl sites for hydroxylation is 1.